The lowest BCUT2D eigenvalue weighted by molar-refractivity contribution is 0.638. The van der Waals surface area contributed by atoms with Crippen molar-refractivity contribution in [1.82, 2.24) is 4.31 Å². The van der Waals surface area contributed by atoms with Crippen LogP contribution in [0.1, 0.15) is 24.1 Å². The lowest BCUT2D eigenvalue weighted by atomic mass is 10.0. The molecule has 0 amide bonds. The minimum Gasteiger partial charge on any atom is -0.305 e. The number of amidine groups is 1. The molecule has 0 aliphatic carbocycles. The number of rotatable bonds is 1. The van der Waals surface area contributed by atoms with E-state index in [9.17, 15) is 0 Å². The van der Waals surface area contributed by atoms with Crippen LogP contribution in [0, 0.1) is 6.92 Å². The van der Waals surface area contributed by atoms with Gasteiger partial charge in [0.25, 0.3) is 0 Å². The second-order valence-corrected chi connectivity index (χ2v) is 4.69. The van der Waals surface area contributed by atoms with E-state index in [2.05, 4.69) is 24.7 Å². The van der Waals surface area contributed by atoms with Gasteiger partial charge in [-0.2, -0.15) is 0 Å². The summed E-state index contributed by atoms with van der Waals surface area (Å²) < 4.78 is 1.87. The van der Waals surface area contributed by atoms with Gasteiger partial charge in [-0.15, -0.1) is 0 Å². The van der Waals surface area contributed by atoms with Crippen LogP contribution in [-0.4, -0.2) is 16.7 Å². The first-order valence-corrected chi connectivity index (χ1v) is 5.62. The lowest BCUT2D eigenvalue weighted by Gasteiger charge is -2.13. The van der Waals surface area contributed by atoms with Crippen molar-refractivity contribution in [1.29, 1.82) is 0 Å². The maximum atomic E-state index is 5.99. The fourth-order valence-electron chi connectivity index (χ4n) is 1.77. The molecule has 0 spiro atoms. The third-order valence-electron chi connectivity index (χ3n) is 2.66. The van der Waals surface area contributed by atoms with Crippen LogP contribution in [0.3, 0.4) is 0 Å². The Kier molecular flexibility index (Phi) is 2.94. The number of thiol groups is 1. The summed E-state index contributed by atoms with van der Waals surface area (Å²) in [6.45, 7) is 4.86. The van der Waals surface area contributed by atoms with Crippen LogP contribution in [0.5, 0.6) is 0 Å². The Morgan fingerprint density at radius 1 is 1.47 bits per heavy atom. The second kappa shape index (κ2) is 4.06. The topological polar surface area (TPSA) is 15.6 Å². The van der Waals surface area contributed by atoms with Crippen molar-refractivity contribution in [2.24, 2.45) is 4.99 Å². The molecule has 0 aromatic heterocycles. The van der Waals surface area contributed by atoms with Crippen molar-refractivity contribution in [3.63, 3.8) is 0 Å². The molecule has 0 bridgehead atoms. The summed E-state index contributed by atoms with van der Waals surface area (Å²) in [4.78, 5) is 4.55. The summed E-state index contributed by atoms with van der Waals surface area (Å²) in [6, 6.07) is 6.10. The fourth-order valence-corrected chi connectivity index (χ4v) is 2.15. The molecule has 0 saturated heterocycles. The average Bonchev–Trinajstić information content (AvgIpc) is 2.51. The molecule has 4 heteroatoms. The molecule has 0 N–H and O–H groups in total. The highest BCUT2D eigenvalue weighted by Gasteiger charge is 2.22. The van der Waals surface area contributed by atoms with E-state index in [1.165, 1.54) is 11.1 Å². The molecule has 1 aromatic carbocycles. The van der Waals surface area contributed by atoms with E-state index in [4.69, 9.17) is 11.6 Å². The van der Waals surface area contributed by atoms with Crippen molar-refractivity contribution in [2.45, 2.75) is 19.9 Å². The summed E-state index contributed by atoms with van der Waals surface area (Å²) >= 11 is 10.3. The van der Waals surface area contributed by atoms with Gasteiger partial charge in [-0.25, -0.2) is 0 Å². The highest BCUT2D eigenvalue weighted by Crippen LogP contribution is 2.29. The van der Waals surface area contributed by atoms with Gasteiger partial charge in [0, 0.05) is 5.02 Å². The normalized spacial score (nSPS) is 20.7. The van der Waals surface area contributed by atoms with Gasteiger partial charge in [-0.1, -0.05) is 30.5 Å². The SMILES string of the molecule is CC1=NC(c2cc(Cl)ccc2C)CN1S. The van der Waals surface area contributed by atoms with Gasteiger partial charge in [0.2, 0.25) is 0 Å². The monoisotopic (exact) mass is 240 g/mol. The first-order valence-electron chi connectivity index (χ1n) is 4.85. The lowest BCUT2D eigenvalue weighted by Crippen LogP contribution is -2.14. The van der Waals surface area contributed by atoms with E-state index < -0.39 is 0 Å². The van der Waals surface area contributed by atoms with E-state index in [0.29, 0.717) is 0 Å². The summed E-state index contributed by atoms with van der Waals surface area (Å²) in [5, 5.41) is 0.765. The van der Waals surface area contributed by atoms with Crippen LogP contribution in [0.15, 0.2) is 23.2 Å². The van der Waals surface area contributed by atoms with Crippen molar-refractivity contribution >= 4 is 30.3 Å². The van der Waals surface area contributed by atoms with Crippen LogP contribution in [0.4, 0.5) is 0 Å². The van der Waals surface area contributed by atoms with Crippen LogP contribution in [0.2, 0.25) is 5.02 Å². The molecular formula is C11H13ClN2S. The van der Waals surface area contributed by atoms with Gasteiger partial charge in [-0.3, -0.25) is 4.99 Å². The largest absolute Gasteiger partial charge is 0.305 e. The summed E-state index contributed by atoms with van der Waals surface area (Å²) in [6.07, 6.45) is 0. The number of hydrogen-bond acceptors (Lipinski definition) is 3. The van der Waals surface area contributed by atoms with Gasteiger partial charge < -0.3 is 4.31 Å². The summed E-state index contributed by atoms with van der Waals surface area (Å²) in [7, 11) is 0. The van der Waals surface area contributed by atoms with Crippen molar-refractivity contribution < 1.29 is 0 Å². The number of aliphatic imine (C=N–C) groups is 1. The Morgan fingerprint density at radius 3 is 2.80 bits per heavy atom. The average molecular weight is 241 g/mol. The number of benzene rings is 1. The third-order valence-corrected chi connectivity index (χ3v) is 3.35. The molecule has 1 unspecified atom stereocenters. The number of aryl methyl sites for hydroxylation is 1. The minimum absolute atomic E-state index is 0.168. The van der Waals surface area contributed by atoms with E-state index in [1.807, 2.05) is 29.4 Å². The van der Waals surface area contributed by atoms with E-state index in [1.54, 1.807) is 0 Å². The highest BCUT2D eigenvalue weighted by molar-refractivity contribution is 7.78. The number of hydrogen-bond donors (Lipinski definition) is 1. The standard InChI is InChI=1S/C11H13ClN2S/c1-7-3-4-9(12)5-10(7)11-6-14(15)8(2)13-11/h3-5,11,15H,6H2,1-2H3. The highest BCUT2D eigenvalue weighted by atomic mass is 35.5. The minimum atomic E-state index is 0.168. The number of halogens is 1. The third kappa shape index (κ3) is 2.13. The Bertz CT molecular complexity index is 417. The van der Waals surface area contributed by atoms with Crippen LogP contribution < -0.4 is 0 Å². The van der Waals surface area contributed by atoms with E-state index in [-0.39, 0.29) is 6.04 Å². The smallest absolute Gasteiger partial charge is 0.106 e. The first-order chi connectivity index (χ1) is 7.08. The first kappa shape index (κ1) is 10.8. The van der Waals surface area contributed by atoms with Crippen LogP contribution >= 0.6 is 24.4 Å². The number of nitrogens with zero attached hydrogens (tertiary/aromatic N) is 2. The van der Waals surface area contributed by atoms with Crippen molar-refractivity contribution in [2.75, 3.05) is 6.54 Å². The molecule has 1 aliphatic rings. The quantitative estimate of drug-likeness (QED) is 0.745. The van der Waals surface area contributed by atoms with E-state index >= 15 is 0 Å². The molecule has 0 saturated carbocycles. The maximum absolute atomic E-state index is 5.99. The van der Waals surface area contributed by atoms with E-state index in [0.717, 1.165) is 17.4 Å². The molecule has 1 atom stereocenters. The van der Waals surface area contributed by atoms with Crippen LogP contribution in [-0.2, 0) is 0 Å². The zero-order valence-corrected chi connectivity index (χ0v) is 10.4. The molecule has 0 radical (unpaired) electrons. The van der Waals surface area contributed by atoms with Crippen molar-refractivity contribution in [3.05, 3.63) is 34.3 Å². The second-order valence-electron chi connectivity index (χ2n) is 3.78. The molecular weight excluding hydrogens is 228 g/mol. The van der Waals surface area contributed by atoms with Gasteiger partial charge in [0.1, 0.15) is 5.84 Å². The Morgan fingerprint density at radius 2 is 2.20 bits per heavy atom. The van der Waals surface area contributed by atoms with Gasteiger partial charge in [0.15, 0.2) is 0 Å². The summed E-state index contributed by atoms with van der Waals surface area (Å²) in [5.41, 5.74) is 2.42. The van der Waals surface area contributed by atoms with Gasteiger partial charge in [-0.05, 0) is 37.1 Å². The predicted molar refractivity (Wildman–Crippen MR) is 67.7 cm³/mol. The molecule has 80 valence electrons. The molecule has 2 rings (SSSR count). The summed E-state index contributed by atoms with van der Waals surface area (Å²) in [5.74, 6) is 0.961. The Labute approximate surface area is 100 Å². The molecule has 15 heavy (non-hydrogen) atoms. The molecule has 1 aromatic rings. The van der Waals surface area contributed by atoms with Crippen LogP contribution in [0.25, 0.3) is 0 Å². The Hall–Kier alpha value is -0.670. The van der Waals surface area contributed by atoms with Gasteiger partial charge in [0.05, 0.1) is 12.6 Å². The fraction of sp³-hybridized carbons (Fsp3) is 0.364. The Balaban J connectivity index is 2.35. The predicted octanol–water partition coefficient (Wildman–Crippen LogP) is 3.27. The van der Waals surface area contributed by atoms with Crippen molar-refractivity contribution in [3.8, 4) is 0 Å². The molecule has 1 heterocycles. The maximum Gasteiger partial charge on any atom is 0.106 e. The van der Waals surface area contributed by atoms with Gasteiger partial charge >= 0.3 is 0 Å². The zero-order valence-electron chi connectivity index (χ0n) is 8.74. The zero-order chi connectivity index (χ0) is 11.0. The molecule has 1 aliphatic heterocycles. The molecule has 0 fully saturated rings. The molecule has 2 nitrogen and oxygen atoms in total.